The lowest BCUT2D eigenvalue weighted by molar-refractivity contribution is -0.120. The highest BCUT2D eigenvalue weighted by molar-refractivity contribution is 7.22. The summed E-state index contributed by atoms with van der Waals surface area (Å²) in [4.78, 5) is 19.3. The lowest BCUT2D eigenvalue weighted by Gasteiger charge is -2.23. The number of amides is 1. The Hall–Kier alpha value is -2.64. The third kappa shape index (κ3) is 4.26. The third-order valence-electron chi connectivity index (χ3n) is 4.65. The van der Waals surface area contributed by atoms with Gasteiger partial charge in [0.15, 0.2) is 11.7 Å². The lowest BCUT2D eigenvalue weighted by Crippen LogP contribution is -2.40. The molecule has 0 saturated carbocycles. The Labute approximate surface area is 167 Å². The Kier molecular flexibility index (Phi) is 5.73. The van der Waals surface area contributed by atoms with Gasteiger partial charge in [-0.3, -0.25) is 9.69 Å². The average molecular weight is 398 g/mol. The van der Waals surface area contributed by atoms with Crippen molar-refractivity contribution in [3.63, 3.8) is 0 Å². The fourth-order valence-corrected chi connectivity index (χ4v) is 4.14. The fraction of sp³-hybridized carbons (Fsp3) is 0.333. The number of rotatable bonds is 7. The van der Waals surface area contributed by atoms with Crippen molar-refractivity contribution in [2.24, 2.45) is 0 Å². The van der Waals surface area contributed by atoms with Crippen LogP contribution in [0.4, 0.5) is 5.13 Å². The number of thiazole rings is 1. The maximum atomic E-state index is 13.0. The first-order valence-electron chi connectivity index (χ1n) is 9.27. The van der Waals surface area contributed by atoms with E-state index < -0.39 is 0 Å². The molecule has 1 amide bonds. The largest absolute Gasteiger partial charge is 0.497 e. The van der Waals surface area contributed by atoms with Gasteiger partial charge in [-0.05, 0) is 49.2 Å². The maximum Gasteiger partial charge on any atom is 0.266 e. The fourth-order valence-electron chi connectivity index (χ4n) is 3.15. The van der Waals surface area contributed by atoms with Gasteiger partial charge in [0.2, 0.25) is 0 Å². The molecule has 0 unspecified atom stereocenters. The molecule has 7 heteroatoms. The zero-order valence-corrected chi connectivity index (χ0v) is 16.5. The molecule has 1 aromatic heterocycles. The van der Waals surface area contributed by atoms with E-state index in [1.54, 1.807) is 36.3 Å². The van der Waals surface area contributed by atoms with Crippen LogP contribution in [0.15, 0.2) is 48.5 Å². The van der Waals surface area contributed by atoms with Gasteiger partial charge < -0.3 is 14.2 Å². The second-order valence-corrected chi connectivity index (χ2v) is 7.58. The Morgan fingerprint density at radius 1 is 1.21 bits per heavy atom. The van der Waals surface area contributed by atoms with Crippen molar-refractivity contribution in [2.75, 3.05) is 31.8 Å². The Bertz CT molecular complexity index is 902. The number of nitrogens with zero attached hydrogens (tertiary/aromatic N) is 2. The van der Waals surface area contributed by atoms with Crippen molar-refractivity contribution >= 4 is 32.6 Å². The van der Waals surface area contributed by atoms with E-state index in [9.17, 15) is 4.79 Å². The molecular weight excluding hydrogens is 376 g/mol. The van der Waals surface area contributed by atoms with Crippen molar-refractivity contribution < 1.29 is 19.0 Å². The van der Waals surface area contributed by atoms with Crippen molar-refractivity contribution in [3.05, 3.63) is 48.5 Å². The summed E-state index contributed by atoms with van der Waals surface area (Å²) in [5.41, 5.74) is 0.892. The van der Waals surface area contributed by atoms with Gasteiger partial charge >= 0.3 is 0 Å². The molecule has 0 radical (unpaired) electrons. The molecule has 2 heterocycles. The first-order chi connectivity index (χ1) is 13.7. The molecule has 6 nitrogen and oxygen atoms in total. The van der Waals surface area contributed by atoms with Crippen LogP contribution in [0.5, 0.6) is 11.5 Å². The van der Waals surface area contributed by atoms with E-state index in [4.69, 9.17) is 14.2 Å². The molecule has 146 valence electrons. The zero-order chi connectivity index (χ0) is 19.3. The number of aromatic nitrogens is 1. The summed E-state index contributed by atoms with van der Waals surface area (Å²) in [6, 6.07) is 15.1. The molecule has 3 aromatic rings. The van der Waals surface area contributed by atoms with E-state index in [1.807, 2.05) is 24.3 Å². The van der Waals surface area contributed by atoms with Crippen LogP contribution < -0.4 is 14.4 Å². The van der Waals surface area contributed by atoms with Crippen molar-refractivity contribution in [1.82, 2.24) is 4.98 Å². The number of hydrogen-bond acceptors (Lipinski definition) is 6. The second kappa shape index (κ2) is 8.58. The highest BCUT2D eigenvalue weighted by atomic mass is 32.1. The van der Waals surface area contributed by atoms with Gasteiger partial charge in [0.25, 0.3) is 5.91 Å². The number of para-hydroxylation sites is 1. The van der Waals surface area contributed by atoms with Gasteiger partial charge in [-0.25, -0.2) is 4.98 Å². The summed E-state index contributed by atoms with van der Waals surface area (Å²) < 4.78 is 17.6. The van der Waals surface area contributed by atoms with Crippen LogP contribution in [-0.2, 0) is 9.53 Å². The normalized spacial score (nSPS) is 16.2. The lowest BCUT2D eigenvalue weighted by atomic mass is 10.2. The van der Waals surface area contributed by atoms with Crippen LogP contribution in [0.25, 0.3) is 10.2 Å². The van der Waals surface area contributed by atoms with Crippen molar-refractivity contribution in [3.8, 4) is 11.5 Å². The Morgan fingerprint density at radius 2 is 2.00 bits per heavy atom. The molecule has 0 N–H and O–H groups in total. The highest BCUT2D eigenvalue weighted by Crippen LogP contribution is 2.30. The first-order valence-corrected chi connectivity index (χ1v) is 10.1. The molecule has 0 bridgehead atoms. The smallest absolute Gasteiger partial charge is 0.266 e. The molecule has 0 aliphatic carbocycles. The minimum atomic E-state index is -0.134. The van der Waals surface area contributed by atoms with E-state index >= 15 is 0 Å². The van der Waals surface area contributed by atoms with Crippen LogP contribution >= 0.6 is 11.3 Å². The van der Waals surface area contributed by atoms with Gasteiger partial charge in [-0.15, -0.1) is 0 Å². The molecule has 0 spiro atoms. The number of fused-ring (bicyclic) bond motifs is 1. The van der Waals surface area contributed by atoms with Crippen LogP contribution in [0.3, 0.4) is 0 Å². The number of anilines is 1. The van der Waals surface area contributed by atoms with Crippen molar-refractivity contribution in [2.45, 2.75) is 18.9 Å². The molecule has 28 heavy (non-hydrogen) atoms. The van der Waals surface area contributed by atoms with Crippen molar-refractivity contribution in [1.29, 1.82) is 0 Å². The Morgan fingerprint density at radius 3 is 2.71 bits per heavy atom. The monoisotopic (exact) mass is 398 g/mol. The van der Waals surface area contributed by atoms with Crippen LogP contribution in [-0.4, -0.2) is 43.9 Å². The number of carbonyl (C=O) groups is 1. The molecular formula is C21H22N2O4S. The zero-order valence-electron chi connectivity index (χ0n) is 15.7. The molecule has 1 aliphatic rings. The van der Waals surface area contributed by atoms with Gasteiger partial charge in [0.05, 0.1) is 30.0 Å². The molecule has 1 saturated heterocycles. The number of ether oxygens (including phenoxy) is 3. The summed E-state index contributed by atoms with van der Waals surface area (Å²) in [6.07, 6.45) is 2.01. The second-order valence-electron chi connectivity index (χ2n) is 6.57. The van der Waals surface area contributed by atoms with E-state index in [2.05, 4.69) is 4.98 Å². The Balaban J connectivity index is 1.50. The topological polar surface area (TPSA) is 60.9 Å². The van der Waals surface area contributed by atoms with E-state index in [0.29, 0.717) is 17.4 Å². The van der Waals surface area contributed by atoms with Gasteiger partial charge in [0.1, 0.15) is 11.5 Å². The molecule has 1 fully saturated rings. The first kappa shape index (κ1) is 18.7. The summed E-state index contributed by atoms with van der Waals surface area (Å²) in [5, 5.41) is 0.681. The summed E-state index contributed by atoms with van der Waals surface area (Å²) in [5.74, 6) is 1.23. The minimum Gasteiger partial charge on any atom is -0.497 e. The number of carbonyl (C=O) groups excluding carboxylic acids is 1. The number of hydrogen-bond donors (Lipinski definition) is 0. The van der Waals surface area contributed by atoms with Gasteiger partial charge in [0, 0.05) is 6.61 Å². The van der Waals surface area contributed by atoms with E-state index in [-0.39, 0.29) is 18.6 Å². The minimum absolute atomic E-state index is 0.0388. The van der Waals surface area contributed by atoms with Crippen LogP contribution in [0.1, 0.15) is 12.8 Å². The summed E-state index contributed by atoms with van der Waals surface area (Å²) in [7, 11) is 1.61. The van der Waals surface area contributed by atoms with Crippen LogP contribution in [0, 0.1) is 0 Å². The van der Waals surface area contributed by atoms with E-state index in [0.717, 1.165) is 35.4 Å². The molecule has 1 atom stereocenters. The maximum absolute atomic E-state index is 13.0. The predicted octanol–water partition coefficient (Wildman–Crippen LogP) is 3.90. The summed E-state index contributed by atoms with van der Waals surface area (Å²) >= 11 is 1.51. The standard InChI is InChI=1S/C21H22N2O4S/c1-25-15-8-10-16(11-9-15)27-14-20(24)23(13-17-5-4-12-26-17)21-22-18-6-2-3-7-19(18)28-21/h2-3,6-11,17H,4-5,12-14H2,1H3/t17-/m0/s1. The molecule has 1 aliphatic heterocycles. The quantitative estimate of drug-likeness (QED) is 0.604. The van der Waals surface area contributed by atoms with Gasteiger partial charge in [-0.1, -0.05) is 23.5 Å². The van der Waals surface area contributed by atoms with Gasteiger partial charge in [-0.2, -0.15) is 0 Å². The third-order valence-corrected chi connectivity index (χ3v) is 5.71. The average Bonchev–Trinajstić information content (AvgIpc) is 3.40. The predicted molar refractivity (Wildman–Crippen MR) is 109 cm³/mol. The van der Waals surface area contributed by atoms with Crippen LogP contribution in [0.2, 0.25) is 0 Å². The number of methoxy groups -OCH3 is 1. The highest BCUT2D eigenvalue weighted by Gasteiger charge is 2.26. The van der Waals surface area contributed by atoms with E-state index in [1.165, 1.54) is 11.3 Å². The summed E-state index contributed by atoms with van der Waals surface area (Å²) in [6.45, 7) is 1.18. The number of benzene rings is 2. The SMILES string of the molecule is COc1ccc(OCC(=O)N(C[C@@H]2CCCO2)c2nc3ccccc3s2)cc1. The molecule has 4 rings (SSSR count). The molecule has 2 aromatic carbocycles.